The summed E-state index contributed by atoms with van der Waals surface area (Å²) in [5.41, 5.74) is 5.68. The van der Waals surface area contributed by atoms with Gasteiger partial charge in [0.1, 0.15) is 0 Å². The number of carbonyl (C=O) groups is 3. The SMILES string of the molecule is CCCCN(CC(N)=O)C(=O)Cc1ccccc1C(=O)O. The first kappa shape index (κ1) is 16.7. The van der Waals surface area contributed by atoms with Gasteiger partial charge in [-0.15, -0.1) is 0 Å². The number of benzene rings is 1. The molecule has 0 aliphatic rings. The van der Waals surface area contributed by atoms with Crippen LogP contribution in [0, 0.1) is 0 Å². The maximum absolute atomic E-state index is 12.3. The Hall–Kier alpha value is -2.37. The van der Waals surface area contributed by atoms with Crippen LogP contribution in [-0.4, -0.2) is 40.9 Å². The summed E-state index contributed by atoms with van der Waals surface area (Å²) in [7, 11) is 0. The molecule has 0 aromatic heterocycles. The van der Waals surface area contributed by atoms with Gasteiger partial charge in [-0.3, -0.25) is 9.59 Å². The molecule has 0 saturated heterocycles. The molecule has 0 saturated carbocycles. The molecule has 0 bridgehead atoms. The number of aromatic carboxylic acids is 1. The first-order valence-electron chi connectivity index (χ1n) is 6.83. The van der Waals surface area contributed by atoms with Gasteiger partial charge in [0.05, 0.1) is 18.5 Å². The van der Waals surface area contributed by atoms with Crippen molar-refractivity contribution in [3.63, 3.8) is 0 Å². The topological polar surface area (TPSA) is 101 Å². The van der Waals surface area contributed by atoms with E-state index in [0.29, 0.717) is 12.1 Å². The molecule has 6 heteroatoms. The van der Waals surface area contributed by atoms with E-state index >= 15 is 0 Å². The van der Waals surface area contributed by atoms with Gasteiger partial charge in [0, 0.05) is 6.54 Å². The standard InChI is InChI=1S/C15H20N2O4/c1-2-3-8-17(10-13(16)18)14(19)9-11-6-4-5-7-12(11)15(20)21/h4-7H,2-3,8-10H2,1H3,(H2,16,18)(H,20,21). The number of unbranched alkanes of at least 4 members (excludes halogenated alkanes) is 1. The number of amides is 2. The highest BCUT2D eigenvalue weighted by Gasteiger charge is 2.18. The first-order chi connectivity index (χ1) is 9.95. The van der Waals surface area contributed by atoms with Crippen LogP contribution in [0.1, 0.15) is 35.7 Å². The lowest BCUT2D eigenvalue weighted by Gasteiger charge is -2.21. The summed E-state index contributed by atoms with van der Waals surface area (Å²) in [6.07, 6.45) is 1.59. The largest absolute Gasteiger partial charge is 0.478 e. The fraction of sp³-hybridized carbons (Fsp3) is 0.400. The Morgan fingerprint density at radius 1 is 1.24 bits per heavy atom. The minimum Gasteiger partial charge on any atom is -0.478 e. The quantitative estimate of drug-likeness (QED) is 0.747. The summed E-state index contributed by atoms with van der Waals surface area (Å²) in [5.74, 6) is -1.95. The second kappa shape index (κ2) is 8.04. The molecule has 1 aromatic rings. The number of carbonyl (C=O) groups excluding carboxylic acids is 2. The van der Waals surface area contributed by atoms with E-state index in [1.807, 2.05) is 6.92 Å². The Bertz CT molecular complexity index is 528. The maximum Gasteiger partial charge on any atom is 0.335 e. The lowest BCUT2D eigenvalue weighted by Crippen LogP contribution is -2.40. The average molecular weight is 292 g/mol. The van der Waals surface area contributed by atoms with E-state index in [1.165, 1.54) is 11.0 Å². The van der Waals surface area contributed by atoms with E-state index in [0.717, 1.165) is 12.8 Å². The number of carboxylic acid groups (broad SMARTS) is 1. The molecule has 114 valence electrons. The molecule has 0 fully saturated rings. The van der Waals surface area contributed by atoms with E-state index in [2.05, 4.69) is 0 Å². The van der Waals surface area contributed by atoms with Crippen LogP contribution in [0.4, 0.5) is 0 Å². The molecule has 0 atom stereocenters. The van der Waals surface area contributed by atoms with Crippen LogP contribution in [0.15, 0.2) is 24.3 Å². The molecular weight excluding hydrogens is 272 g/mol. The van der Waals surface area contributed by atoms with Gasteiger partial charge in [0.2, 0.25) is 11.8 Å². The van der Waals surface area contributed by atoms with E-state index in [1.54, 1.807) is 18.2 Å². The van der Waals surface area contributed by atoms with Gasteiger partial charge in [-0.25, -0.2) is 4.79 Å². The number of primary amides is 1. The molecule has 0 unspecified atom stereocenters. The molecule has 1 aromatic carbocycles. The highest BCUT2D eigenvalue weighted by atomic mass is 16.4. The molecular formula is C15H20N2O4. The number of hydrogen-bond donors (Lipinski definition) is 2. The lowest BCUT2D eigenvalue weighted by atomic mass is 10.0. The second-order valence-corrected chi connectivity index (χ2v) is 4.77. The van der Waals surface area contributed by atoms with Crippen molar-refractivity contribution in [2.75, 3.05) is 13.1 Å². The minimum atomic E-state index is -1.08. The van der Waals surface area contributed by atoms with E-state index in [4.69, 9.17) is 10.8 Å². The number of carboxylic acids is 1. The number of rotatable bonds is 8. The average Bonchev–Trinajstić information content (AvgIpc) is 2.43. The number of nitrogens with two attached hydrogens (primary N) is 1. The Morgan fingerprint density at radius 2 is 1.90 bits per heavy atom. The fourth-order valence-corrected chi connectivity index (χ4v) is 1.99. The van der Waals surface area contributed by atoms with Crippen LogP contribution < -0.4 is 5.73 Å². The van der Waals surface area contributed by atoms with Crippen molar-refractivity contribution in [2.24, 2.45) is 5.73 Å². The van der Waals surface area contributed by atoms with Crippen LogP contribution in [0.25, 0.3) is 0 Å². The zero-order valence-electron chi connectivity index (χ0n) is 12.0. The summed E-state index contributed by atoms with van der Waals surface area (Å²) in [5, 5.41) is 9.10. The molecule has 6 nitrogen and oxygen atoms in total. The molecule has 0 aliphatic heterocycles. The van der Waals surface area contributed by atoms with Gasteiger partial charge in [-0.2, -0.15) is 0 Å². The molecule has 0 spiro atoms. The molecule has 0 heterocycles. The van der Waals surface area contributed by atoms with Crippen LogP contribution in [0.2, 0.25) is 0 Å². The smallest absolute Gasteiger partial charge is 0.335 e. The Balaban J connectivity index is 2.85. The Labute approximate surface area is 123 Å². The molecule has 1 rings (SSSR count). The fourth-order valence-electron chi connectivity index (χ4n) is 1.99. The summed E-state index contributed by atoms with van der Waals surface area (Å²) in [6.45, 7) is 2.27. The van der Waals surface area contributed by atoms with Gasteiger partial charge in [0.25, 0.3) is 0 Å². The van der Waals surface area contributed by atoms with Crippen molar-refractivity contribution >= 4 is 17.8 Å². The van der Waals surface area contributed by atoms with Crippen molar-refractivity contribution in [3.05, 3.63) is 35.4 Å². The van der Waals surface area contributed by atoms with Crippen LogP contribution >= 0.6 is 0 Å². The van der Waals surface area contributed by atoms with Crippen molar-refractivity contribution in [1.29, 1.82) is 0 Å². The predicted octanol–water partition coefficient (Wildman–Crippen LogP) is 1.04. The minimum absolute atomic E-state index is 0.0561. The molecule has 0 aliphatic carbocycles. The predicted molar refractivity (Wildman–Crippen MR) is 77.8 cm³/mol. The van der Waals surface area contributed by atoms with Gasteiger partial charge in [-0.1, -0.05) is 31.5 Å². The van der Waals surface area contributed by atoms with E-state index in [9.17, 15) is 14.4 Å². The van der Waals surface area contributed by atoms with Crippen molar-refractivity contribution in [2.45, 2.75) is 26.2 Å². The highest BCUT2D eigenvalue weighted by molar-refractivity contribution is 5.92. The Kier molecular flexibility index (Phi) is 6.39. The first-order valence-corrected chi connectivity index (χ1v) is 6.83. The van der Waals surface area contributed by atoms with Crippen molar-refractivity contribution < 1.29 is 19.5 Å². The third-order valence-corrected chi connectivity index (χ3v) is 3.07. The van der Waals surface area contributed by atoms with Crippen LogP contribution in [0.3, 0.4) is 0 Å². The lowest BCUT2D eigenvalue weighted by molar-refractivity contribution is -0.134. The molecule has 21 heavy (non-hydrogen) atoms. The van der Waals surface area contributed by atoms with Crippen molar-refractivity contribution in [1.82, 2.24) is 4.90 Å². The summed E-state index contributed by atoms with van der Waals surface area (Å²) >= 11 is 0. The number of hydrogen-bond acceptors (Lipinski definition) is 3. The number of nitrogens with zero attached hydrogens (tertiary/aromatic N) is 1. The monoisotopic (exact) mass is 292 g/mol. The van der Waals surface area contributed by atoms with E-state index < -0.39 is 11.9 Å². The van der Waals surface area contributed by atoms with Gasteiger partial charge >= 0.3 is 5.97 Å². The Morgan fingerprint density at radius 3 is 2.48 bits per heavy atom. The third-order valence-electron chi connectivity index (χ3n) is 3.07. The zero-order valence-corrected chi connectivity index (χ0v) is 12.0. The van der Waals surface area contributed by atoms with Crippen molar-refractivity contribution in [3.8, 4) is 0 Å². The molecule has 2 amide bonds. The van der Waals surface area contributed by atoms with E-state index in [-0.39, 0.29) is 24.4 Å². The highest BCUT2D eigenvalue weighted by Crippen LogP contribution is 2.11. The third kappa shape index (κ3) is 5.25. The second-order valence-electron chi connectivity index (χ2n) is 4.77. The van der Waals surface area contributed by atoms with Gasteiger partial charge in [-0.05, 0) is 18.1 Å². The summed E-state index contributed by atoms with van der Waals surface area (Å²) < 4.78 is 0. The van der Waals surface area contributed by atoms with Crippen LogP contribution in [-0.2, 0) is 16.0 Å². The molecule has 0 radical (unpaired) electrons. The normalized spacial score (nSPS) is 10.1. The molecule has 3 N–H and O–H groups in total. The maximum atomic E-state index is 12.3. The zero-order chi connectivity index (χ0) is 15.8. The summed E-state index contributed by atoms with van der Waals surface area (Å²) in [4.78, 5) is 35.8. The summed E-state index contributed by atoms with van der Waals surface area (Å²) in [6, 6.07) is 6.34. The van der Waals surface area contributed by atoms with Gasteiger partial charge in [0.15, 0.2) is 0 Å². The van der Waals surface area contributed by atoms with Crippen LogP contribution in [0.5, 0.6) is 0 Å². The van der Waals surface area contributed by atoms with Gasteiger partial charge < -0.3 is 15.7 Å².